The highest BCUT2D eigenvalue weighted by molar-refractivity contribution is 7.09. The van der Waals surface area contributed by atoms with E-state index >= 15 is 0 Å². The molecule has 0 saturated carbocycles. The Labute approximate surface area is 166 Å². The van der Waals surface area contributed by atoms with Gasteiger partial charge in [-0.3, -0.25) is 4.99 Å². The number of aliphatic imine (C=N–C) groups is 1. The van der Waals surface area contributed by atoms with Crippen LogP contribution in [0.3, 0.4) is 0 Å². The monoisotopic (exact) mass is 441 g/mol. The zero-order valence-corrected chi connectivity index (χ0v) is 15.9. The molecule has 2 N–H and O–H groups in total. The normalized spacial score (nSPS) is 12.7. The molecule has 0 aliphatic rings. The largest absolute Gasteiger partial charge is 0.468 e. The van der Waals surface area contributed by atoms with Crippen molar-refractivity contribution in [3.63, 3.8) is 0 Å². The molecule has 2 aromatic rings. The second-order valence-electron chi connectivity index (χ2n) is 5.64. The predicted octanol–water partition coefficient (Wildman–Crippen LogP) is 3.41. The van der Waals surface area contributed by atoms with Crippen LogP contribution in [-0.2, 0) is 19.1 Å². The zero-order valence-electron chi connectivity index (χ0n) is 15.1. The summed E-state index contributed by atoms with van der Waals surface area (Å²) in [6, 6.07) is 2.87. The van der Waals surface area contributed by atoms with Gasteiger partial charge < -0.3 is 15.4 Å². The quantitative estimate of drug-likeness (QED) is 0.392. The molecular formula is C16H17F6N5OS. The van der Waals surface area contributed by atoms with Crippen LogP contribution in [0.15, 0.2) is 28.7 Å². The molecule has 160 valence electrons. The van der Waals surface area contributed by atoms with Crippen LogP contribution in [0.1, 0.15) is 16.3 Å². The minimum Gasteiger partial charge on any atom is -0.468 e. The summed E-state index contributed by atoms with van der Waals surface area (Å²) in [6.45, 7) is -0.827. The Morgan fingerprint density at radius 1 is 1.17 bits per heavy atom. The summed E-state index contributed by atoms with van der Waals surface area (Å²) in [5.41, 5.74) is -0.239. The molecular weight excluding hydrogens is 424 g/mol. The SMILES string of the molecule is CN=C(NCCc1nc(C(F)(F)F)cs1)NCc1ccc(OCC(F)(F)F)nc1. The molecule has 0 atom stereocenters. The van der Waals surface area contributed by atoms with E-state index in [0.717, 1.165) is 16.7 Å². The van der Waals surface area contributed by atoms with E-state index in [9.17, 15) is 26.3 Å². The molecule has 0 fully saturated rings. The average Bonchev–Trinajstić information content (AvgIpc) is 3.12. The standard InChI is InChI=1S/C16H17F6N5OS/c1-23-14(24-5-4-13-27-11(8-29-13)16(20,21)22)26-7-10-2-3-12(25-6-10)28-9-15(17,18)19/h2-3,6,8H,4-5,7,9H2,1H3,(H2,23,24,26). The number of halogens is 6. The van der Waals surface area contributed by atoms with Gasteiger partial charge in [-0.1, -0.05) is 6.07 Å². The Kier molecular flexibility index (Phi) is 7.65. The van der Waals surface area contributed by atoms with Crippen LogP contribution >= 0.6 is 11.3 Å². The predicted molar refractivity (Wildman–Crippen MR) is 94.8 cm³/mol. The van der Waals surface area contributed by atoms with Gasteiger partial charge >= 0.3 is 12.4 Å². The Hall–Kier alpha value is -2.57. The Balaban J connectivity index is 1.75. The molecule has 0 bridgehead atoms. The van der Waals surface area contributed by atoms with E-state index in [4.69, 9.17) is 0 Å². The van der Waals surface area contributed by atoms with Crippen molar-refractivity contribution < 1.29 is 31.1 Å². The van der Waals surface area contributed by atoms with Crippen molar-refractivity contribution in [2.45, 2.75) is 25.3 Å². The van der Waals surface area contributed by atoms with Gasteiger partial charge in [0.1, 0.15) is 0 Å². The van der Waals surface area contributed by atoms with Gasteiger partial charge in [-0.25, -0.2) is 9.97 Å². The van der Waals surface area contributed by atoms with Crippen molar-refractivity contribution in [1.82, 2.24) is 20.6 Å². The topological polar surface area (TPSA) is 71.4 Å². The van der Waals surface area contributed by atoms with Gasteiger partial charge in [0.2, 0.25) is 5.88 Å². The lowest BCUT2D eigenvalue weighted by molar-refractivity contribution is -0.154. The molecule has 0 saturated heterocycles. The summed E-state index contributed by atoms with van der Waals surface area (Å²) in [5.74, 6) is 0.255. The van der Waals surface area contributed by atoms with Crippen LogP contribution in [0, 0.1) is 0 Å². The van der Waals surface area contributed by atoms with Crippen LogP contribution in [0.25, 0.3) is 0 Å². The molecule has 0 radical (unpaired) electrons. The number of alkyl halides is 6. The van der Waals surface area contributed by atoms with E-state index in [-0.39, 0.29) is 18.8 Å². The number of hydrogen-bond acceptors (Lipinski definition) is 5. The summed E-state index contributed by atoms with van der Waals surface area (Å²) in [6.07, 6.45) is -7.25. The van der Waals surface area contributed by atoms with Gasteiger partial charge in [-0.15, -0.1) is 11.3 Å². The second kappa shape index (κ2) is 9.76. The molecule has 0 unspecified atom stereocenters. The Morgan fingerprint density at radius 3 is 2.48 bits per heavy atom. The van der Waals surface area contributed by atoms with Gasteiger partial charge in [-0.2, -0.15) is 26.3 Å². The fourth-order valence-electron chi connectivity index (χ4n) is 2.01. The van der Waals surface area contributed by atoms with Gasteiger partial charge in [0, 0.05) is 44.2 Å². The fraction of sp³-hybridized carbons (Fsp3) is 0.438. The summed E-state index contributed by atoms with van der Waals surface area (Å²) in [7, 11) is 1.52. The number of nitrogens with zero attached hydrogens (tertiary/aromatic N) is 3. The zero-order chi connectivity index (χ0) is 21.5. The van der Waals surface area contributed by atoms with Crippen molar-refractivity contribution >= 4 is 17.3 Å². The molecule has 2 rings (SSSR count). The lowest BCUT2D eigenvalue weighted by Crippen LogP contribution is -2.37. The highest BCUT2D eigenvalue weighted by Gasteiger charge is 2.33. The summed E-state index contributed by atoms with van der Waals surface area (Å²) in [5, 5.41) is 7.21. The van der Waals surface area contributed by atoms with Crippen LogP contribution in [0.4, 0.5) is 26.3 Å². The summed E-state index contributed by atoms with van der Waals surface area (Å²) >= 11 is 0.931. The van der Waals surface area contributed by atoms with E-state index in [1.807, 2.05) is 0 Å². The first-order chi connectivity index (χ1) is 13.6. The van der Waals surface area contributed by atoms with Crippen LogP contribution in [0.2, 0.25) is 0 Å². The second-order valence-corrected chi connectivity index (χ2v) is 6.58. The smallest absolute Gasteiger partial charge is 0.434 e. The highest BCUT2D eigenvalue weighted by atomic mass is 32.1. The molecule has 29 heavy (non-hydrogen) atoms. The number of thiazole rings is 1. The van der Waals surface area contributed by atoms with Crippen LogP contribution in [-0.4, -0.2) is 42.3 Å². The third kappa shape index (κ3) is 8.13. The van der Waals surface area contributed by atoms with E-state index in [2.05, 4.69) is 30.3 Å². The van der Waals surface area contributed by atoms with Crippen LogP contribution < -0.4 is 15.4 Å². The minimum absolute atomic E-state index is 0.143. The molecule has 0 aliphatic heterocycles. The van der Waals surface area contributed by atoms with Crippen molar-refractivity contribution in [3.05, 3.63) is 40.0 Å². The highest BCUT2D eigenvalue weighted by Crippen LogP contribution is 2.30. The maximum Gasteiger partial charge on any atom is 0.434 e. The molecule has 13 heteroatoms. The lowest BCUT2D eigenvalue weighted by atomic mass is 10.3. The third-order valence-electron chi connectivity index (χ3n) is 3.34. The average molecular weight is 441 g/mol. The number of ether oxygens (including phenoxy) is 1. The van der Waals surface area contributed by atoms with Gasteiger partial charge in [-0.05, 0) is 5.56 Å². The molecule has 6 nitrogen and oxygen atoms in total. The van der Waals surface area contributed by atoms with E-state index in [0.29, 0.717) is 23.1 Å². The maximum absolute atomic E-state index is 12.5. The van der Waals surface area contributed by atoms with Crippen molar-refractivity contribution in [1.29, 1.82) is 0 Å². The third-order valence-corrected chi connectivity index (χ3v) is 4.25. The van der Waals surface area contributed by atoms with E-state index < -0.39 is 24.7 Å². The number of pyridine rings is 1. The number of rotatable bonds is 7. The Bertz CT molecular complexity index is 803. The lowest BCUT2D eigenvalue weighted by Gasteiger charge is -2.12. The number of hydrogen-bond donors (Lipinski definition) is 2. The maximum atomic E-state index is 12.5. The van der Waals surface area contributed by atoms with Crippen molar-refractivity contribution in [2.75, 3.05) is 20.2 Å². The summed E-state index contributed by atoms with van der Waals surface area (Å²) in [4.78, 5) is 11.3. The fourth-order valence-corrected chi connectivity index (χ4v) is 2.81. The first-order valence-corrected chi connectivity index (χ1v) is 9.05. The first-order valence-electron chi connectivity index (χ1n) is 8.17. The molecule has 0 amide bonds. The van der Waals surface area contributed by atoms with Gasteiger partial charge in [0.25, 0.3) is 0 Å². The summed E-state index contributed by atoms with van der Waals surface area (Å²) < 4.78 is 78.4. The van der Waals surface area contributed by atoms with E-state index in [1.54, 1.807) is 6.07 Å². The minimum atomic E-state index is -4.46. The molecule has 2 heterocycles. The molecule has 0 spiro atoms. The first kappa shape index (κ1) is 22.7. The molecule has 0 aromatic carbocycles. The number of aromatic nitrogens is 2. The van der Waals surface area contributed by atoms with Crippen molar-refractivity contribution in [3.8, 4) is 5.88 Å². The Morgan fingerprint density at radius 2 is 1.93 bits per heavy atom. The van der Waals surface area contributed by atoms with Crippen molar-refractivity contribution in [2.24, 2.45) is 4.99 Å². The van der Waals surface area contributed by atoms with Gasteiger partial charge in [0.15, 0.2) is 18.3 Å². The molecule has 2 aromatic heterocycles. The van der Waals surface area contributed by atoms with Gasteiger partial charge in [0.05, 0.1) is 5.01 Å². The molecule has 0 aliphatic carbocycles. The van der Waals surface area contributed by atoms with E-state index in [1.165, 1.54) is 19.3 Å². The number of nitrogens with one attached hydrogen (secondary N) is 2. The number of guanidine groups is 1. The van der Waals surface area contributed by atoms with Crippen LogP contribution in [0.5, 0.6) is 5.88 Å².